The minimum Gasteiger partial charge on any atom is -0.393 e. The molecule has 2 aliphatic heterocycles. The maximum atomic E-state index is 9.93. The molecule has 3 N–H and O–H groups in total. The molecule has 0 radical (unpaired) electrons. The van der Waals surface area contributed by atoms with Crippen LogP contribution in [0.15, 0.2) is 12.4 Å². The quantitative estimate of drug-likeness (QED) is 0.847. The maximum absolute atomic E-state index is 9.93. The predicted octanol–water partition coefficient (Wildman–Crippen LogP) is 0.796. The van der Waals surface area contributed by atoms with E-state index in [4.69, 9.17) is 5.73 Å². The Hall–Kier alpha value is -0.910. The lowest BCUT2D eigenvalue weighted by Gasteiger charge is -2.43. The van der Waals surface area contributed by atoms with Crippen LogP contribution in [-0.2, 0) is 7.05 Å². The minimum atomic E-state index is -0.128. The van der Waals surface area contributed by atoms with Gasteiger partial charge >= 0.3 is 0 Å². The molecule has 1 aromatic heterocycles. The second-order valence-corrected chi connectivity index (χ2v) is 6.21. The Morgan fingerprint density at radius 3 is 2.47 bits per heavy atom. The highest BCUT2D eigenvalue weighted by molar-refractivity contribution is 5.16. The van der Waals surface area contributed by atoms with E-state index in [0.29, 0.717) is 12.1 Å². The molecule has 3 heterocycles. The number of rotatable bonds is 3. The average molecular weight is 264 g/mol. The van der Waals surface area contributed by atoms with Gasteiger partial charge in [0.15, 0.2) is 0 Å². The van der Waals surface area contributed by atoms with E-state index in [1.54, 1.807) is 0 Å². The van der Waals surface area contributed by atoms with Gasteiger partial charge in [0, 0.05) is 36.9 Å². The van der Waals surface area contributed by atoms with Crippen molar-refractivity contribution in [2.75, 3.05) is 0 Å². The summed E-state index contributed by atoms with van der Waals surface area (Å²) in [6, 6.07) is 1.25. The zero-order chi connectivity index (χ0) is 13.6. The molecule has 4 unspecified atom stereocenters. The van der Waals surface area contributed by atoms with Gasteiger partial charge in [0.2, 0.25) is 0 Å². The molecule has 0 amide bonds. The highest BCUT2D eigenvalue weighted by Gasteiger charge is 2.44. The molecule has 2 fully saturated rings. The number of hydrogen-bond donors (Lipinski definition) is 2. The Labute approximate surface area is 114 Å². The summed E-state index contributed by atoms with van der Waals surface area (Å²) in [5, 5.41) is 14.2. The molecule has 3 rings (SSSR count). The molecule has 0 aliphatic carbocycles. The molecule has 1 aromatic rings. The van der Waals surface area contributed by atoms with Gasteiger partial charge in [-0.2, -0.15) is 5.10 Å². The van der Waals surface area contributed by atoms with Gasteiger partial charge in [0.25, 0.3) is 0 Å². The van der Waals surface area contributed by atoms with Crippen molar-refractivity contribution in [2.24, 2.45) is 12.8 Å². The number of aromatic nitrogens is 2. The van der Waals surface area contributed by atoms with Crippen LogP contribution in [0.3, 0.4) is 0 Å². The SMILES string of the molecule is CC(N)C(c1cnn(C)c1)N1C2CCC1CC(O)C2. The van der Waals surface area contributed by atoms with E-state index < -0.39 is 0 Å². The first-order valence-corrected chi connectivity index (χ1v) is 7.26. The summed E-state index contributed by atoms with van der Waals surface area (Å²) < 4.78 is 1.84. The molecular formula is C14H24N4O. The molecule has 19 heavy (non-hydrogen) atoms. The third-order valence-corrected chi connectivity index (χ3v) is 4.65. The van der Waals surface area contributed by atoms with Crippen LogP contribution in [0.25, 0.3) is 0 Å². The Bertz CT molecular complexity index is 430. The van der Waals surface area contributed by atoms with E-state index in [1.165, 1.54) is 18.4 Å². The van der Waals surface area contributed by atoms with Gasteiger partial charge in [-0.1, -0.05) is 0 Å². The van der Waals surface area contributed by atoms with E-state index in [1.807, 2.05) is 17.9 Å². The smallest absolute Gasteiger partial charge is 0.0570 e. The van der Waals surface area contributed by atoms with Crippen LogP contribution < -0.4 is 5.73 Å². The molecule has 5 nitrogen and oxygen atoms in total. The minimum absolute atomic E-state index is 0.0718. The molecule has 2 aliphatic rings. The van der Waals surface area contributed by atoms with Gasteiger partial charge in [0.1, 0.15) is 0 Å². The van der Waals surface area contributed by atoms with Crippen LogP contribution in [0.2, 0.25) is 0 Å². The Morgan fingerprint density at radius 1 is 1.37 bits per heavy atom. The summed E-state index contributed by atoms with van der Waals surface area (Å²) in [5.41, 5.74) is 7.45. The number of aliphatic hydroxyl groups is 1. The van der Waals surface area contributed by atoms with Crippen molar-refractivity contribution in [1.82, 2.24) is 14.7 Å². The second-order valence-electron chi connectivity index (χ2n) is 6.21. The molecule has 4 atom stereocenters. The summed E-state index contributed by atoms with van der Waals surface area (Å²) >= 11 is 0. The van der Waals surface area contributed by atoms with Gasteiger partial charge in [0.05, 0.1) is 18.3 Å². The van der Waals surface area contributed by atoms with E-state index in [0.717, 1.165) is 12.8 Å². The Balaban J connectivity index is 1.89. The highest BCUT2D eigenvalue weighted by atomic mass is 16.3. The second kappa shape index (κ2) is 4.89. The van der Waals surface area contributed by atoms with Crippen molar-refractivity contribution in [3.8, 4) is 0 Å². The lowest BCUT2D eigenvalue weighted by Crippen LogP contribution is -2.50. The Kier molecular flexibility index (Phi) is 3.37. The van der Waals surface area contributed by atoms with Gasteiger partial charge in [-0.25, -0.2) is 0 Å². The van der Waals surface area contributed by atoms with Crippen LogP contribution in [0.4, 0.5) is 0 Å². The van der Waals surface area contributed by atoms with Crippen molar-refractivity contribution in [2.45, 2.75) is 62.9 Å². The molecule has 0 spiro atoms. The third-order valence-electron chi connectivity index (χ3n) is 4.65. The lowest BCUT2D eigenvalue weighted by atomic mass is 9.93. The molecule has 0 aromatic carbocycles. The molecular weight excluding hydrogens is 240 g/mol. The largest absolute Gasteiger partial charge is 0.393 e. The van der Waals surface area contributed by atoms with Gasteiger partial charge in [-0.15, -0.1) is 0 Å². The molecule has 2 saturated heterocycles. The zero-order valence-corrected chi connectivity index (χ0v) is 11.7. The van der Waals surface area contributed by atoms with Crippen LogP contribution in [-0.4, -0.2) is 44.0 Å². The van der Waals surface area contributed by atoms with Crippen LogP contribution >= 0.6 is 0 Å². The van der Waals surface area contributed by atoms with E-state index in [2.05, 4.69) is 23.1 Å². The molecule has 5 heteroatoms. The summed E-state index contributed by atoms with van der Waals surface area (Å²) in [4.78, 5) is 2.55. The summed E-state index contributed by atoms with van der Waals surface area (Å²) in [7, 11) is 1.94. The first-order chi connectivity index (χ1) is 9.06. The summed E-state index contributed by atoms with van der Waals surface area (Å²) in [5.74, 6) is 0. The van der Waals surface area contributed by atoms with Gasteiger partial charge in [-0.3, -0.25) is 9.58 Å². The monoisotopic (exact) mass is 264 g/mol. The normalized spacial score (nSPS) is 34.4. The van der Waals surface area contributed by atoms with Crippen molar-refractivity contribution in [3.05, 3.63) is 18.0 Å². The average Bonchev–Trinajstić information content (AvgIpc) is 2.84. The fourth-order valence-electron chi connectivity index (χ4n) is 3.98. The number of hydrogen-bond acceptors (Lipinski definition) is 4. The molecule has 106 valence electrons. The van der Waals surface area contributed by atoms with Crippen molar-refractivity contribution < 1.29 is 5.11 Å². The number of aryl methyl sites for hydroxylation is 1. The van der Waals surface area contributed by atoms with Crippen LogP contribution in [0.5, 0.6) is 0 Å². The number of nitrogens with zero attached hydrogens (tertiary/aromatic N) is 3. The van der Waals surface area contributed by atoms with Crippen LogP contribution in [0, 0.1) is 0 Å². The van der Waals surface area contributed by atoms with Crippen molar-refractivity contribution in [3.63, 3.8) is 0 Å². The van der Waals surface area contributed by atoms with Crippen molar-refractivity contribution in [1.29, 1.82) is 0 Å². The number of fused-ring (bicyclic) bond motifs is 2. The van der Waals surface area contributed by atoms with Crippen LogP contribution in [0.1, 0.15) is 44.2 Å². The fourth-order valence-corrected chi connectivity index (χ4v) is 3.98. The summed E-state index contributed by atoms with van der Waals surface area (Å²) in [6.45, 7) is 2.07. The number of aliphatic hydroxyl groups excluding tert-OH is 1. The first-order valence-electron chi connectivity index (χ1n) is 7.26. The first kappa shape index (κ1) is 13.1. The third kappa shape index (κ3) is 2.30. The standard InChI is InChI=1S/C14H24N4O/c1-9(15)14(10-7-16-17(2)8-10)18-11-3-4-12(18)6-13(19)5-11/h7-9,11-14,19H,3-6,15H2,1-2H3. The lowest BCUT2D eigenvalue weighted by molar-refractivity contribution is 0.00410. The van der Waals surface area contributed by atoms with E-state index in [9.17, 15) is 5.11 Å². The maximum Gasteiger partial charge on any atom is 0.0570 e. The Morgan fingerprint density at radius 2 is 2.00 bits per heavy atom. The van der Waals surface area contributed by atoms with Gasteiger partial charge < -0.3 is 10.8 Å². The molecule has 2 bridgehead atoms. The zero-order valence-electron chi connectivity index (χ0n) is 11.7. The highest BCUT2D eigenvalue weighted by Crippen LogP contribution is 2.42. The van der Waals surface area contributed by atoms with Gasteiger partial charge in [-0.05, 0) is 32.6 Å². The number of piperidine rings is 1. The fraction of sp³-hybridized carbons (Fsp3) is 0.786. The van der Waals surface area contributed by atoms with E-state index in [-0.39, 0.29) is 18.2 Å². The predicted molar refractivity (Wildman–Crippen MR) is 73.5 cm³/mol. The topological polar surface area (TPSA) is 67.3 Å². The van der Waals surface area contributed by atoms with Crippen molar-refractivity contribution >= 4 is 0 Å². The number of nitrogens with two attached hydrogens (primary N) is 1. The van der Waals surface area contributed by atoms with E-state index >= 15 is 0 Å². The molecule has 0 saturated carbocycles. The summed E-state index contributed by atoms with van der Waals surface area (Å²) in [6.07, 6.45) is 8.02.